The Hall–Kier alpha value is -3.05. The summed E-state index contributed by atoms with van der Waals surface area (Å²) in [5.41, 5.74) is 5.32. The summed E-state index contributed by atoms with van der Waals surface area (Å²) in [6.45, 7) is 6.70. The van der Waals surface area contributed by atoms with E-state index in [1.165, 1.54) is 56.1 Å². The minimum atomic E-state index is -0.266. The second kappa shape index (κ2) is 17.4. The van der Waals surface area contributed by atoms with Crippen LogP contribution in [0.4, 0.5) is 0 Å². The molecule has 0 bridgehead atoms. The van der Waals surface area contributed by atoms with Gasteiger partial charge in [0, 0.05) is 5.56 Å². The van der Waals surface area contributed by atoms with Gasteiger partial charge in [-0.25, -0.2) is 4.79 Å². The molecule has 0 aliphatic carbocycles. The average Bonchev–Trinajstić information content (AvgIpc) is 2.89. The van der Waals surface area contributed by atoms with Gasteiger partial charge in [-0.2, -0.15) is 0 Å². The molecule has 186 valence electrons. The third-order valence-electron chi connectivity index (χ3n) is 5.97. The first-order chi connectivity index (χ1) is 17.2. The first-order valence-corrected chi connectivity index (χ1v) is 13.4. The molecule has 0 fully saturated rings. The summed E-state index contributed by atoms with van der Waals surface area (Å²) in [5.74, 6) is 6.54. The fraction of sp³-hybridized carbons (Fsp3) is 0.424. The van der Waals surface area contributed by atoms with Gasteiger partial charge in [0.05, 0.1) is 12.2 Å². The molecule has 35 heavy (non-hydrogen) atoms. The second-order valence-corrected chi connectivity index (χ2v) is 8.88. The summed E-state index contributed by atoms with van der Waals surface area (Å²) in [6, 6.07) is 18.0. The van der Waals surface area contributed by atoms with Crippen molar-refractivity contribution in [2.45, 2.75) is 85.0 Å². The van der Waals surface area contributed by atoms with E-state index in [1.807, 2.05) is 49.4 Å². The Balaban J connectivity index is 2.24. The fourth-order valence-corrected chi connectivity index (χ4v) is 3.89. The minimum Gasteiger partial charge on any atom is -0.462 e. The lowest BCUT2D eigenvalue weighted by Gasteiger charge is -2.09. The number of ether oxygens (including phenoxy) is 1. The lowest BCUT2D eigenvalue weighted by atomic mass is 9.97. The predicted octanol–water partition coefficient (Wildman–Crippen LogP) is 9.17. The number of hydrogen-bond donors (Lipinski definition) is 0. The van der Waals surface area contributed by atoms with Crippen LogP contribution < -0.4 is 0 Å². The summed E-state index contributed by atoms with van der Waals surface area (Å²) in [6.07, 6.45) is 16.2. The lowest BCUT2D eigenvalue weighted by Crippen LogP contribution is -2.04. The summed E-state index contributed by atoms with van der Waals surface area (Å²) in [7, 11) is 0. The van der Waals surface area contributed by atoms with Crippen molar-refractivity contribution in [1.29, 1.82) is 0 Å². The van der Waals surface area contributed by atoms with Crippen LogP contribution in [0.5, 0.6) is 0 Å². The first-order valence-electron chi connectivity index (χ1n) is 13.4. The normalized spacial score (nSPS) is 11.6. The van der Waals surface area contributed by atoms with Gasteiger partial charge >= 0.3 is 5.97 Å². The monoisotopic (exact) mass is 470 g/mol. The van der Waals surface area contributed by atoms with Crippen LogP contribution in [0.1, 0.15) is 106 Å². The lowest BCUT2D eigenvalue weighted by molar-refractivity contribution is 0.0526. The van der Waals surface area contributed by atoms with E-state index in [4.69, 9.17) is 4.74 Å². The van der Waals surface area contributed by atoms with Crippen molar-refractivity contribution in [1.82, 2.24) is 0 Å². The predicted molar refractivity (Wildman–Crippen MR) is 149 cm³/mol. The summed E-state index contributed by atoms with van der Waals surface area (Å²) in [4.78, 5) is 12.1. The van der Waals surface area contributed by atoms with Gasteiger partial charge in [-0.1, -0.05) is 100 Å². The third-order valence-corrected chi connectivity index (χ3v) is 5.97. The average molecular weight is 471 g/mol. The molecule has 0 N–H and O–H groups in total. The van der Waals surface area contributed by atoms with Crippen LogP contribution >= 0.6 is 0 Å². The highest BCUT2D eigenvalue weighted by Gasteiger charge is 2.08. The number of hydrogen-bond acceptors (Lipinski definition) is 2. The van der Waals surface area contributed by atoms with E-state index in [2.05, 4.69) is 50.0 Å². The van der Waals surface area contributed by atoms with E-state index in [1.54, 1.807) is 0 Å². The van der Waals surface area contributed by atoms with Crippen LogP contribution in [0.25, 0.3) is 5.57 Å². The van der Waals surface area contributed by atoms with Gasteiger partial charge in [0.25, 0.3) is 0 Å². The van der Waals surface area contributed by atoms with E-state index in [-0.39, 0.29) is 5.97 Å². The van der Waals surface area contributed by atoms with Crippen LogP contribution in [-0.4, -0.2) is 12.6 Å². The maximum atomic E-state index is 12.1. The van der Waals surface area contributed by atoms with Gasteiger partial charge in [0.1, 0.15) is 0 Å². The Bertz CT molecular complexity index is 985. The fourth-order valence-electron chi connectivity index (χ4n) is 3.89. The highest BCUT2D eigenvalue weighted by molar-refractivity contribution is 5.89. The topological polar surface area (TPSA) is 26.3 Å². The molecular weight excluding hydrogens is 428 g/mol. The Morgan fingerprint density at radius 3 is 2.17 bits per heavy atom. The zero-order chi connectivity index (χ0) is 25.1. The van der Waals surface area contributed by atoms with Crippen LogP contribution in [0, 0.1) is 11.8 Å². The number of carbonyl (C=O) groups is 1. The molecule has 0 heterocycles. The van der Waals surface area contributed by atoms with Gasteiger partial charge < -0.3 is 4.74 Å². The number of unbranched alkanes of at least 4 members (excludes halogenated alkanes) is 6. The molecule has 0 aliphatic heterocycles. The Morgan fingerprint density at radius 1 is 0.800 bits per heavy atom. The zero-order valence-electron chi connectivity index (χ0n) is 21.9. The molecule has 0 saturated carbocycles. The first kappa shape index (κ1) is 28.2. The summed E-state index contributed by atoms with van der Waals surface area (Å²) in [5, 5.41) is 0. The molecule has 0 spiro atoms. The Kier molecular flexibility index (Phi) is 14.0. The highest BCUT2D eigenvalue weighted by Crippen LogP contribution is 2.23. The SMILES string of the molecule is CCCCC/C=C(\C/C=C(\C#Cc1ccccc1)CCCCCC)c1ccc(C(=O)OCC)cc1. The van der Waals surface area contributed by atoms with Crippen LogP contribution in [0.3, 0.4) is 0 Å². The molecule has 2 aromatic carbocycles. The molecule has 2 nitrogen and oxygen atoms in total. The zero-order valence-corrected chi connectivity index (χ0v) is 21.9. The third kappa shape index (κ3) is 11.3. The van der Waals surface area contributed by atoms with Crippen LogP contribution in [-0.2, 0) is 4.74 Å². The quantitative estimate of drug-likeness (QED) is 0.156. The molecule has 0 aliphatic rings. The molecule has 0 unspecified atom stereocenters. The van der Waals surface area contributed by atoms with Crippen LogP contribution in [0.15, 0.2) is 72.3 Å². The van der Waals surface area contributed by atoms with Crippen molar-refractivity contribution >= 4 is 11.5 Å². The summed E-state index contributed by atoms with van der Waals surface area (Å²) < 4.78 is 5.14. The second-order valence-electron chi connectivity index (χ2n) is 8.88. The highest BCUT2D eigenvalue weighted by atomic mass is 16.5. The van der Waals surface area contributed by atoms with Gasteiger partial charge in [-0.05, 0) is 80.0 Å². The molecule has 0 saturated heterocycles. The minimum absolute atomic E-state index is 0.266. The van der Waals surface area contributed by atoms with E-state index in [0.717, 1.165) is 30.4 Å². The molecular formula is C33H42O2. The maximum Gasteiger partial charge on any atom is 0.338 e. The molecule has 2 rings (SSSR count). The van der Waals surface area contributed by atoms with Crippen molar-refractivity contribution in [3.8, 4) is 11.8 Å². The molecule has 2 aromatic rings. The smallest absolute Gasteiger partial charge is 0.338 e. The number of allylic oxidation sites excluding steroid dienone is 4. The largest absolute Gasteiger partial charge is 0.462 e. The Labute approximate surface area is 213 Å². The van der Waals surface area contributed by atoms with E-state index in [0.29, 0.717) is 12.2 Å². The standard InChI is InChI=1S/C33H42O2/c1-4-7-9-12-18-29(21-20-28-16-13-11-14-17-28)22-23-30(19-15-10-8-5-2)31-24-26-32(27-25-31)33(34)35-6-3/h11,13-14,16-17,19,22,24-27H,4-10,12,15,18,23H2,1-3H3/b29-22-,30-19+. The number of esters is 1. The van der Waals surface area contributed by atoms with Crippen LogP contribution in [0.2, 0.25) is 0 Å². The van der Waals surface area contributed by atoms with Gasteiger partial charge in [0.15, 0.2) is 0 Å². The van der Waals surface area contributed by atoms with Crippen molar-refractivity contribution in [2.24, 2.45) is 0 Å². The van der Waals surface area contributed by atoms with Gasteiger partial charge in [-0.3, -0.25) is 0 Å². The molecule has 0 radical (unpaired) electrons. The number of rotatable bonds is 14. The molecule has 0 amide bonds. The van der Waals surface area contributed by atoms with Crippen molar-refractivity contribution in [3.05, 3.63) is 89.0 Å². The Morgan fingerprint density at radius 2 is 1.49 bits per heavy atom. The van der Waals surface area contributed by atoms with Crippen molar-refractivity contribution in [2.75, 3.05) is 6.61 Å². The van der Waals surface area contributed by atoms with Crippen molar-refractivity contribution in [3.63, 3.8) is 0 Å². The van der Waals surface area contributed by atoms with E-state index < -0.39 is 0 Å². The van der Waals surface area contributed by atoms with E-state index in [9.17, 15) is 4.79 Å². The summed E-state index contributed by atoms with van der Waals surface area (Å²) >= 11 is 0. The number of carbonyl (C=O) groups excluding carboxylic acids is 1. The molecule has 0 atom stereocenters. The molecule has 0 aromatic heterocycles. The number of benzene rings is 2. The van der Waals surface area contributed by atoms with E-state index >= 15 is 0 Å². The van der Waals surface area contributed by atoms with Gasteiger partial charge in [-0.15, -0.1) is 0 Å². The van der Waals surface area contributed by atoms with Gasteiger partial charge in [0.2, 0.25) is 0 Å². The maximum absolute atomic E-state index is 12.1. The molecule has 2 heteroatoms. The van der Waals surface area contributed by atoms with Crippen molar-refractivity contribution < 1.29 is 9.53 Å².